The van der Waals surface area contributed by atoms with E-state index in [0.29, 0.717) is 0 Å². The summed E-state index contributed by atoms with van der Waals surface area (Å²) >= 11 is 1.82. The van der Waals surface area contributed by atoms with Crippen molar-refractivity contribution in [2.24, 2.45) is 4.99 Å². The van der Waals surface area contributed by atoms with Crippen LogP contribution in [0, 0.1) is 0 Å². The molecule has 0 aliphatic carbocycles. The standard InChI is InChI=1S/C36H30N2S/c1-35(2)36(3,4)39-34(38-35)31-20-19-26(22-37-31)33-29-15-9-7-13-27(29)32(28-14-8-10-16-30(28)33)25-18-17-23-11-5-6-12-24(23)21-25/h5-22H,1-4H3. The van der Waals surface area contributed by atoms with Crippen LogP contribution in [0.1, 0.15) is 33.4 Å². The number of hydrogen-bond acceptors (Lipinski definition) is 3. The highest BCUT2D eigenvalue weighted by molar-refractivity contribution is 8.15. The minimum atomic E-state index is -0.127. The quantitative estimate of drug-likeness (QED) is 0.216. The van der Waals surface area contributed by atoms with Gasteiger partial charge in [0.15, 0.2) is 0 Å². The molecule has 190 valence electrons. The van der Waals surface area contributed by atoms with E-state index in [1.54, 1.807) is 0 Å². The lowest BCUT2D eigenvalue weighted by Gasteiger charge is -2.30. The van der Waals surface area contributed by atoms with Crippen LogP contribution in [0.3, 0.4) is 0 Å². The maximum atomic E-state index is 5.03. The Balaban J connectivity index is 1.43. The Morgan fingerprint density at radius 3 is 1.64 bits per heavy atom. The van der Waals surface area contributed by atoms with Crippen LogP contribution in [-0.2, 0) is 0 Å². The molecule has 0 fully saturated rings. The lowest BCUT2D eigenvalue weighted by Crippen LogP contribution is -2.36. The van der Waals surface area contributed by atoms with Crippen molar-refractivity contribution in [3.8, 4) is 22.3 Å². The summed E-state index contributed by atoms with van der Waals surface area (Å²) in [7, 11) is 0. The van der Waals surface area contributed by atoms with E-state index in [1.165, 1.54) is 49.0 Å². The highest BCUT2D eigenvalue weighted by Crippen LogP contribution is 2.47. The summed E-state index contributed by atoms with van der Waals surface area (Å²) < 4.78 is 0.0354. The first-order valence-electron chi connectivity index (χ1n) is 13.5. The van der Waals surface area contributed by atoms with E-state index in [9.17, 15) is 0 Å². The predicted molar refractivity (Wildman–Crippen MR) is 170 cm³/mol. The fraction of sp³-hybridized carbons (Fsp3) is 0.167. The number of hydrogen-bond donors (Lipinski definition) is 0. The van der Waals surface area contributed by atoms with Crippen molar-refractivity contribution in [2.45, 2.75) is 38.0 Å². The number of benzene rings is 5. The molecule has 39 heavy (non-hydrogen) atoms. The van der Waals surface area contributed by atoms with Crippen LogP contribution < -0.4 is 0 Å². The molecule has 1 aliphatic rings. The molecular formula is C36H30N2S. The zero-order chi connectivity index (χ0) is 26.8. The average molecular weight is 523 g/mol. The van der Waals surface area contributed by atoms with Gasteiger partial charge in [-0.2, -0.15) is 0 Å². The molecule has 0 radical (unpaired) electrons. The molecule has 1 aliphatic heterocycles. The summed E-state index contributed by atoms with van der Waals surface area (Å²) in [6, 6.07) is 37.3. The smallest absolute Gasteiger partial charge is 0.117 e. The summed E-state index contributed by atoms with van der Waals surface area (Å²) in [6.07, 6.45) is 2.03. The second kappa shape index (κ2) is 8.79. The van der Waals surface area contributed by atoms with E-state index >= 15 is 0 Å². The van der Waals surface area contributed by atoms with E-state index in [1.807, 2.05) is 18.0 Å². The minimum Gasteiger partial charge on any atom is -0.269 e. The van der Waals surface area contributed by atoms with Crippen molar-refractivity contribution in [1.82, 2.24) is 4.98 Å². The topological polar surface area (TPSA) is 25.2 Å². The molecule has 1 aromatic heterocycles. The van der Waals surface area contributed by atoms with Crippen LogP contribution in [-0.4, -0.2) is 20.3 Å². The zero-order valence-corrected chi connectivity index (χ0v) is 23.5. The molecule has 0 saturated carbocycles. The van der Waals surface area contributed by atoms with Crippen molar-refractivity contribution in [2.75, 3.05) is 0 Å². The summed E-state index contributed by atoms with van der Waals surface area (Å²) in [5.74, 6) is 0. The molecule has 3 heteroatoms. The van der Waals surface area contributed by atoms with E-state index in [4.69, 9.17) is 9.98 Å². The Kier molecular flexibility index (Phi) is 5.43. The average Bonchev–Trinajstić information content (AvgIpc) is 3.17. The Labute approximate surface area is 233 Å². The SMILES string of the molecule is CC1(C)N=C(c2ccc(-c3c4ccccc4c(-c4ccc5ccccc5c4)c4ccccc34)cn2)SC1(C)C. The number of rotatable bonds is 3. The van der Waals surface area contributed by atoms with Gasteiger partial charge in [0.1, 0.15) is 5.04 Å². The van der Waals surface area contributed by atoms with Gasteiger partial charge >= 0.3 is 0 Å². The second-order valence-electron chi connectivity index (χ2n) is 11.4. The third kappa shape index (κ3) is 3.87. The zero-order valence-electron chi connectivity index (χ0n) is 22.7. The van der Waals surface area contributed by atoms with Crippen LogP contribution in [0.15, 0.2) is 114 Å². The van der Waals surface area contributed by atoms with E-state index in [-0.39, 0.29) is 10.3 Å². The number of aromatic nitrogens is 1. The molecule has 0 saturated heterocycles. The molecule has 5 aromatic carbocycles. The summed E-state index contributed by atoms with van der Waals surface area (Å²) in [4.78, 5) is 9.97. The summed E-state index contributed by atoms with van der Waals surface area (Å²) in [5.41, 5.74) is 5.69. The Bertz CT molecular complexity index is 1870. The molecule has 0 bridgehead atoms. The molecule has 2 heterocycles. The first-order chi connectivity index (χ1) is 18.8. The van der Waals surface area contributed by atoms with Crippen molar-refractivity contribution in [1.29, 1.82) is 0 Å². The van der Waals surface area contributed by atoms with Gasteiger partial charge in [-0.15, -0.1) is 0 Å². The number of pyridine rings is 1. The predicted octanol–water partition coefficient (Wildman–Crippen LogP) is 9.93. The monoisotopic (exact) mass is 522 g/mol. The van der Waals surface area contributed by atoms with Gasteiger partial charge in [0.25, 0.3) is 0 Å². The van der Waals surface area contributed by atoms with Crippen LogP contribution in [0.5, 0.6) is 0 Å². The molecule has 0 amide bonds. The largest absolute Gasteiger partial charge is 0.269 e. The van der Waals surface area contributed by atoms with Crippen LogP contribution >= 0.6 is 11.8 Å². The molecule has 0 atom stereocenters. The highest BCUT2D eigenvalue weighted by atomic mass is 32.2. The molecule has 0 spiro atoms. The van der Waals surface area contributed by atoms with Crippen LogP contribution in [0.2, 0.25) is 0 Å². The fourth-order valence-corrected chi connectivity index (χ4v) is 6.93. The van der Waals surface area contributed by atoms with Gasteiger partial charge in [-0.3, -0.25) is 9.98 Å². The van der Waals surface area contributed by atoms with Crippen LogP contribution in [0.25, 0.3) is 54.6 Å². The van der Waals surface area contributed by atoms with Gasteiger partial charge in [0.05, 0.1) is 11.2 Å². The Hall–Kier alpha value is -3.95. The van der Waals surface area contributed by atoms with Crippen molar-refractivity contribution < 1.29 is 0 Å². The number of thioether (sulfide) groups is 1. The number of aliphatic imine (C=N–C) groups is 1. The molecular weight excluding hydrogens is 492 g/mol. The van der Waals surface area contributed by atoms with Crippen molar-refractivity contribution >= 4 is 49.1 Å². The lowest BCUT2D eigenvalue weighted by molar-refractivity contribution is 0.426. The molecule has 2 nitrogen and oxygen atoms in total. The fourth-order valence-electron chi connectivity index (χ4n) is 5.65. The first-order valence-corrected chi connectivity index (χ1v) is 14.3. The third-order valence-corrected chi connectivity index (χ3v) is 9.95. The van der Waals surface area contributed by atoms with Gasteiger partial charge in [-0.1, -0.05) is 103 Å². The first kappa shape index (κ1) is 24.1. The van der Waals surface area contributed by atoms with Gasteiger partial charge in [-0.25, -0.2) is 0 Å². The van der Waals surface area contributed by atoms with E-state index in [0.717, 1.165) is 16.3 Å². The second-order valence-corrected chi connectivity index (χ2v) is 13.0. The maximum Gasteiger partial charge on any atom is 0.117 e. The number of fused-ring (bicyclic) bond motifs is 3. The summed E-state index contributed by atoms with van der Waals surface area (Å²) in [6.45, 7) is 8.93. The van der Waals surface area contributed by atoms with E-state index in [2.05, 4.69) is 131 Å². The van der Waals surface area contributed by atoms with Gasteiger partial charge < -0.3 is 0 Å². The van der Waals surface area contributed by atoms with Gasteiger partial charge in [0, 0.05) is 16.5 Å². The van der Waals surface area contributed by atoms with Crippen molar-refractivity contribution in [3.63, 3.8) is 0 Å². The maximum absolute atomic E-state index is 5.03. The molecule has 6 aromatic rings. The Morgan fingerprint density at radius 2 is 1.10 bits per heavy atom. The third-order valence-electron chi connectivity index (χ3n) is 8.45. The van der Waals surface area contributed by atoms with Gasteiger partial charge in [-0.05, 0) is 88.8 Å². The number of nitrogens with zero attached hydrogens (tertiary/aromatic N) is 2. The molecule has 0 N–H and O–H groups in total. The molecule has 7 rings (SSSR count). The van der Waals surface area contributed by atoms with Crippen molar-refractivity contribution in [3.05, 3.63) is 115 Å². The highest BCUT2D eigenvalue weighted by Gasteiger charge is 2.44. The molecule has 0 unspecified atom stereocenters. The normalized spacial score (nSPS) is 16.2. The van der Waals surface area contributed by atoms with Crippen LogP contribution in [0.4, 0.5) is 0 Å². The summed E-state index contributed by atoms with van der Waals surface area (Å²) in [5, 5.41) is 8.53. The lowest BCUT2D eigenvalue weighted by atomic mass is 9.86. The minimum absolute atomic E-state index is 0.0354. The van der Waals surface area contributed by atoms with E-state index < -0.39 is 0 Å². The van der Waals surface area contributed by atoms with Gasteiger partial charge in [0.2, 0.25) is 0 Å². The Morgan fingerprint density at radius 1 is 0.564 bits per heavy atom.